The molecule has 4 rings (SSSR count). The highest BCUT2D eigenvalue weighted by molar-refractivity contribution is 5.78. The van der Waals surface area contributed by atoms with Crippen molar-refractivity contribution in [3.8, 4) is 0 Å². The van der Waals surface area contributed by atoms with Gasteiger partial charge in [-0.05, 0) is 36.4 Å². The summed E-state index contributed by atoms with van der Waals surface area (Å²) in [5, 5.41) is 1.16. The fraction of sp³-hybridized carbons (Fsp3) is 0.130. The lowest BCUT2D eigenvalue weighted by Gasteiger charge is -2.28. The van der Waals surface area contributed by atoms with Crippen LogP contribution in [0.15, 0.2) is 91.3 Å². The van der Waals surface area contributed by atoms with E-state index in [1.165, 1.54) is 5.56 Å². The third-order valence-corrected chi connectivity index (χ3v) is 4.62. The van der Waals surface area contributed by atoms with Crippen molar-refractivity contribution >= 4 is 10.9 Å². The quantitative estimate of drug-likeness (QED) is 0.520. The number of benzene rings is 2. The Balaban J connectivity index is 1.74. The first-order chi connectivity index (χ1) is 12.8. The first-order valence-corrected chi connectivity index (χ1v) is 8.81. The third-order valence-electron chi connectivity index (χ3n) is 4.62. The first-order valence-electron chi connectivity index (χ1n) is 8.81. The predicted molar refractivity (Wildman–Crippen MR) is 106 cm³/mol. The van der Waals surface area contributed by atoms with Crippen molar-refractivity contribution in [1.29, 1.82) is 0 Å². The Labute approximate surface area is 154 Å². The van der Waals surface area contributed by atoms with Gasteiger partial charge in [0, 0.05) is 24.3 Å². The number of rotatable bonds is 5. The van der Waals surface area contributed by atoms with E-state index in [-0.39, 0.29) is 6.04 Å². The molecule has 4 aromatic rings. The Bertz CT molecular complexity index is 984. The molecule has 2 heterocycles. The number of para-hydroxylation sites is 1. The number of hydrogen-bond donors (Lipinski definition) is 0. The highest BCUT2D eigenvalue weighted by Gasteiger charge is 2.21. The molecule has 26 heavy (non-hydrogen) atoms. The van der Waals surface area contributed by atoms with Gasteiger partial charge in [0.05, 0.1) is 17.3 Å². The second-order valence-electron chi connectivity index (χ2n) is 6.52. The van der Waals surface area contributed by atoms with E-state index < -0.39 is 0 Å². The van der Waals surface area contributed by atoms with E-state index in [1.54, 1.807) is 0 Å². The normalized spacial score (nSPS) is 12.4. The maximum absolute atomic E-state index is 4.95. The van der Waals surface area contributed by atoms with Gasteiger partial charge in [-0.2, -0.15) is 0 Å². The fourth-order valence-electron chi connectivity index (χ4n) is 3.39. The van der Waals surface area contributed by atoms with Crippen molar-refractivity contribution < 1.29 is 0 Å². The summed E-state index contributed by atoms with van der Waals surface area (Å²) in [5.41, 5.74) is 4.49. The van der Waals surface area contributed by atoms with Crippen LogP contribution in [0.5, 0.6) is 0 Å². The SMILES string of the molecule is CN(Cc1ccccc1)C(c1cccnc1)c1ccc2ccccc2n1. The number of aromatic nitrogens is 2. The van der Waals surface area contributed by atoms with Gasteiger partial charge in [0.15, 0.2) is 0 Å². The van der Waals surface area contributed by atoms with Crippen LogP contribution in [-0.2, 0) is 6.54 Å². The number of pyridine rings is 2. The van der Waals surface area contributed by atoms with Crippen molar-refractivity contribution in [3.05, 3.63) is 108 Å². The van der Waals surface area contributed by atoms with Gasteiger partial charge in [-0.25, -0.2) is 0 Å². The standard InChI is InChI=1S/C23H21N3/c1-26(17-18-8-3-2-4-9-18)23(20-11-7-15-24-16-20)22-14-13-19-10-5-6-12-21(19)25-22/h2-16,23H,17H2,1H3. The molecular weight excluding hydrogens is 318 g/mol. The zero-order valence-electron chi connectivity index (χ0n) is 14.8. The molecule has 0 aliphatic rings. The summed E-state index contributed by atoms with van der Waals surface area (Å²) in [5.74, 6) is 0. The largest absolute Gasteiger partial charge is 0.290 e. The Hall–Kier alpha value is -3.04. The molecule has 128 valence electrons. The van der Waals surface area contributed by atoms with Crippen LogP contribution in [0.4, 0.5) is 0 Å². The Morgan fingerprint density at radius 1 is 0.846 bits per heavy atom. The van der Waals surface area contributed by atoms with E-state index in [9.17, 15) is 0 Å². The topological polar surface area (TPSA) is 29.0 Å². The van der Waals surface area contributed by atoms with Crippen LogP contribution >= 0.6 is 0 Å². The van der Waals surface area contributed by atoms with Gasteiger partial charge in [-0.15, -0.1) is 0 Å². The molecule has 3 nitrogen and oxygen atoms in total. The summed E-state index contributed by atoms with van der Waals surface area (Å²) in [4.78, 5) is 11.6. The second kappa shape index (κ2) is 7.46. The zero-order chi connectivity index (χ0) is 17.8. The molecule has 3 heteroatoms. The van der Waals surface area contributed by atoms with Crippen LogP contribution in [0.2, 0.25) is 0 Å². The predicted octanol–water partition coefficient (Wildman–Crippen LogP) is 4.85. The van der Waals surface area contributed by atoms with Crippen LogP contribution in [0, 0.1) is 0 Å². The van der Waals surface area contributed by atoms with Gasteiger partial charge in [0.2, 0.25) is 0 Å². The van der Waals surface area contributed by atoms with E-state index in [0.29, 0.717) is 0 Å². The van der Waals surface area contributed by atoms with Crippen molar-refractivity contribution in [2.75, 3.05) is 7.05 Å². The van der Waals surface area contributed by atoms with Gasteiger partial charge in [0.25, 0.3) is 0 Å². The maximum atomic E-state index is 4.95. The zero-order valence-corrected chi connectivity index (χ0v) is 14.8. The van der Waals surface area contributed by atoms with E-state index >= 15 is 0 Å². The molecule has 2 aromatic carbocycles. The molecular formula is C23H21N3. The second-order valence-corrected chi connectivity index (χ2v) is 6.52. The minimum absolute atomic E-state index is 0.0495. The lowest BCUT2D eigenvalue weighted by atomic mass is 10.0. The van der Waals surface area contributed by atoms with E-state index in [4.69, 9.17) is 4.98 Å². The Kier molecular flexibility index (Phi) is 4.71. The number of nitrogens with zero attached hydrogens (tertiary/aromatic N) is 3. The molecule has 0 saturated heterocycles. The summed E-state index contributed by atoms with van der Waals surface area (Å²) >= 11 is 0. The molecule has 0 radical (unpaired) electrons. The molecule has 1 unspecified atom stereocenters. The minimum atomic E-state index is 0.0495. The van der Waals surface area contributed by atoms with E-state index in [0.717, 1.165) is 28.7 Å². The molecule has 0 amide bonds. The minimum Gasteiger partial charge on any atom is -0.290 e. The molecule has 0 aliphatic carbocycles. The summed E-state index contributed by atoms with van der Waals surface area (Å²) in [6, 6.07) is 27.2. The van der Waals surface area contributed by atoms with Gasteiger partial charge in [0.1, 0.15) is 0 Å². The smallest absolute Gasteiger partial charge is 0.0792 e. The molecule has 2 aromatic heterocycles. The van der Waals surface area contributed by atoms with Crippen LogP contribution in [0.25, 0.3) is 10.9 Å². The third kappa shape index (κ3) is 3.48. The monoisotopic (exact) mass is 339 g/mol. The molecule has 0 N–H and O–H groups in total. The molecule has 1 atom stereocenters. The van der Waals surface area contributed by atoms with Gasteiger partial charge in [-0.1, -0.05) is 60.7 Å². The summed E-state index contributed by atoms with van der Waals surface area (Å²) in [7, 11) is 2.14. The van der Waals surface area contributed by atoms with Crippen molar-refractivity contribution in [3.63, 3.8) is 0 Å². The van der Waals surface area contributed by atoms with Gasteiger partial charge < -0.3 is 0 Å². The maximum Gasteiger partial charge on any atom is 0.0792 e. The first kappa shape index (κ1) is 16.4. The van der Waals surface area contributed by atoms with Gasteiger partial charge in [-0.3, -0.25) is 14.9 Å². The summed E-state index contributed by atoms with van der Waals surface area (Å²) in [6.45, 7) is 0.842. The van der Waals surface area contributed by atoms with Crippen LogP contribution in [0.3, 0.4) is 0 Å². The molecule has 0 fully saturated rings. The number of hydrogen-bond acceptors (Lipinski definition) is 3. The molecule has 0 saturated carbocycles. The van der Waals surface area contributed by atoms with E-state index in [1.807, 2.05) is 36.7 Å². The summed E-state index contributed by atoms with van der Waals surface area (Å²) < 4.78 is 0. The lowest BCUT2D eigenvalue weighted by molar-refractivity contribution is 0.266. The van der Waals surface area contributed by atoms with Gasteiger partial charge >= 0.3 is 0 Å². The lowest BCUT2D eigenvalue weighted by Crippen LogP contribution is -2.26. The fourth-order valence-corrected chi connectivity index (χ4v) is 3.39. The van der Waals surface area contributed by atoms with Crippen LogP contribution in [0.1, 0.15) is 22.9 Å². The Morgan fingerprint density at radius 3 is 2.46 bits per heavy atom. The average molecular weight is 339 g/mol. The van der Waals surface area contributed by atoms with Crippen LogP contribution < -0.4 is 0 Å². The number of fused-ring (bicyclic) bond motifs is 1. The Morgan fingerprint density at radius 2 is 1.65 bits per heavy atom. The van der Waals surface area contributed by atoms with Crippen molar-refractivity contribution in [2.45, 2.75) is 12.6 Å². The van der Waals surface area contributed by atoms with Crippen molar-refractivity contribution in [1.82, 2.24) is 14.9 Å². The molecule has 0 spiro atoms. The van der Waals surface area contributed by atoms with Crippen LogP contribution in [-0.4, -0.2) is 21.9 Å². The molecule has 0 aliphatic heterocycles. The highest BCUT2D eigenvalue weighted by Crippen LogP contribution is 2.28. The van der Waals surface area contributed by atoms with Crippen molar-refractivity contribution in [2.24, 2.45) is 0 Å². The summed E-state index contributed by atoms with van der Waals surface area (Å²) in [6.07, 6.45) is 3.74. The highest BCUT2D eigenvalue weighted by atomic mass is 15.1. The molecule has 0 bridgehead atoms. The average Bonchev–Trinajstić information content (AvgIpc) is 2.70. The van der Waals surface area contributed by atoms with E-state index in [2.05, 4.69) is 71.5 Å².